The maximum absolute atomic E-state index is 11.0. The Balaban J connectivity index is 2.12. The van der Waals surface area contributed by atoms with Gasteiger partial charge in [0.1, 0.15) is 6.04 Å². The molecule has 0 saturated carbocycles. The Morgan fingerprint density at radius 2 is 1.95 bits per heavy atom. The third-order valence-electron chi connectivity index (χ3n) is 3.42. The molecule has 1 aliphatic heterocycles. The second-order valence-corrected chi connectivity index (χ2v) is 7.18. The minimum atomic E-state index is -0.753. The molecule has 0 aliphatic carbocycles. The largest absolute Gasteiger partial charge is 0.480 e. The molecule has 0 spiro atoms. The van der Waals surface area contributed by atoms with Gasteiger partial charge in [0.25, 0.3) is 0 Å². The van der Waals surface area contributed by atoms with Gasteiger partial charge in [-0.1, -0.05) is 45.0 Å². The van der Waals surface area contributed by atoms with Crippen LogP contribution in [0.4, 0.5) is 0 Å². The number of hydrogen-bond acceptors (Lipinski definition) is 3. The highest BCUT2D eigenvalue weighted by Crippen LogP contribution is 2.33. The zero-order valence-electron chi connectivity index (χ0n) is 11.6. The van der Waals surface area contributed by atoms with Crippen LogP contribution in [0.25, 0.3) is 0 Å². The van der Waals surface area contributed by atoms with E-state index in [0.29, 0.717) is 6.42 Å². The van der Waals surface area contributed by atoms with E-state index in [-0.39, 0.29) is 10.8 Å². The van der Waals surface area contributed by atoms with Gasteiger partial charge in [0.2, 0.25) is 0 Å². The first-order valence-electron chi connectivity index (χ1n) is 6.59. The van der Waals surface area contributed by atoms with Crippen molar-refractivity contribution in [3.63, 3.8) is 0 Å². The normalized spacial score (nSPS) is 24.2. The number of carboxylic acid groups (broad SMARTS) is 1. The number of hydrogen-bond donors (Lipinski definition) is 2. The molecule has 4 heteroatoms. The second kappa shape index (κ2) is 5.55. The van der Waals surface area contributed by atoms with Gasteiger partial charge in [-0.15, -0.1) is 11.8 Å². The molecule has 0 aromatic heterocycles. The number of aliphatic carboxylic acids is 1. The van der Waals surface area contributed by atoms with Crippen LogP contribution in [0.2, 0.25) is 0 Å². The molecule has 2 rings (SSSR count). The Hall–Kier alpha value is -1.00. The second-order valence-electron chi connectivity index (χ2n) is 5.97. The highest BCUT2D eigenvalue weighted by Gasteiger charge is 2.27. The maximum Gasteiger partial charge on any atom is 0.320 e. The standard InChI is InChI=1S/C15H21NO2S/c1-15(2,3)11-6-4-10(5-7-11)13-16-12(14(17)18)8-9-19-13/h4-7,12-13,16H,8-9H2,1-3H3,(H,17,18). The van der Waals surface area contributed by atoms with Crippen LogP contribution in [-0.4, -0.2) is 22.9 Å². The minimum Gasteiger partial charge on any atom is -0.480 e. The van der Waals surface area contributed by atoms with E-state index in [2.05, 4.69) is 50.4 Å². The molecular formula is C15H21NO2S. The predicted octanol–water partition coefficient (Wildman–Crippen LogP) is 3.16. The summed E-state index contributed by atoms with van der Waals surface area (Å²) < 4.78 is 0. The molecule has 2 unspecified atom stereocenters. The van der Waals surface area contributed by atoms with Gasteiger partial charge in [-0.05, 0) is 28.7 Å². The van der Waals surface area contributed by atoms with Crippen LogP contribution in [-0.2, 0) is 10.2 Å². The number of benzene rings is 1. The molecule has 19 heavy (non-hydrogen) atoms. The van der Waals surface area contributed by atoms with Gasteiger partial charge >= 0.3 is 5.97 Å². The van der Waals surface area contributed by atoms with Crippen LogP contribution < -0.4 is 5.32 Å². The Bertz CT molecular complexity index is 450. The van der Waals surface area contributed by atoms with Crippen molar-refractivity contribution in [1.82, 2.24) is 5.32 Å². The van der Waals surface area contributed by atoms with E-state index in [0.717, 1.165) is 11.3 Å². The van der Waals surface area contributed by atoms with Crippen molar-refractivity contribution in [3.05, 3.63) is 35.4 Å². The third kappa shape index (κ3) is 3.51. The zero-order valence-corrected chi connectivity index (χ0v) is 12.5. The molecule has 2 N–H and O–H groups in total. The van der Waals surface area contributed by atoms with Crippen molar-refractivity contribution < 1.29 is 9.90 Å². The van der Waals surface area contributed by atoms with Gasteiger partial charge < -0.3 is 5.11 Å². The molecule has 1 aromatic carbocycles. The summed E-state index contributed by atoms with van der Waals surface area (Å²) >= 11 is 1.78. The Morgan fingerprint density at radius 1 is 1.32 bits per heavy atom. The van der Waals surface area contributed by atoms with E-state index < -0.39 is 12.0 Å². The number of thioether (sulfide) groups is 1. The summed E-state index contributed by atoms with van der Waals surface area (Å²) in [7, 11) is 0. The number of carbonyl (C=O) groups is 1. The molecule has 1 heterocycles. The molecular weight excluding hydrogens is 258 g/mol. The predicted molar refractivity (Wildman–Crippen MR) is 79.5 cm³/mol. The third-order valence-corrected chi connectivity index (χ3v) is 4.63. The fraction of sp³-hybridized carbons (Fsp3) is 0.533. The number of carboxylic acids is 1. The topological polar surface area (TPSA) is 49.3 Å². The van der Waals surface area contributed by atoms with E-state index in [1.807, 2.05) is 0 Å². The first-order chi connectivity index (χ1) is 8.88. The van der Waals surface area contributed by atoms with E-state index >= 15 is 0 Å². The lowest BCUT2D eigenvalue weighted by Crippen LogP contribution is -2.41. The molecule has 104 valence electrons. The van der Waals surface area contributed by atoms with Crippen LogP contribution in [0.1, 0.15) is 43.7 Å². The highest BCUT2D eigenvalue weighted by atomic mass is 32.2. The zero-order chi connectivity index (χ0) is 14.0. The fourth-order valence-electron chi connectivity index (χ4n) is 2.16. The van der Waals surface area contributed by atoms with E-state index in [1.54, 1.807) is 11.8 Å². The van der Waals surface area contributed by atoms with Gasteiger partial charge in [0, 0.05) is 0 Å². The van der Waals surface area contributed by atoms with Crippen LogP contribution in [0.15, 0.2) is 24.3 Å². The van der Waals surface area contributed by atoms with Crippen molar-refractivity contribution in [2.45, 2.75) is 44.0 Å². The van der Waals surface area contributed by atoms with Crippen molar-refractivity contribution >= 4 is 17.7 Å². The lowest BCUT2D eigenvalue weighted by Gasteiger charge is -2.29. The Morgan fingerprint density at radius 3 is 2.47 bits per heavy atom. The molecule has 0 amide bonds. The number of nitrogens with one attached hydrogen (secondary N) is 1. The van der Waals surface area contributed by atoms with E-state index in [9.17, 15) is 4.79 Å². The molecule has 0 radical (unpaired) electrons. The quantitative estimate of drug-likeness (QED) is 0.873. The summed E-state index contributed by atoms with van der Waals surface area (Å²) in [5.41, 5.74) is 2.60. The summed E-state index contributed by atoms with van der Waals surface area (Å²) in [6.45, 7) is 6.57. The van der Waals surface area contributed by atoms with Crippen LogP contribution in [0.3, 0.4) is 0 Å². The average Bonchev–Trinajstić information content (AvgIpc) is 2.38. The van der Waals surface area contributed by atoms with Crippen molar-refractivity contribution in [3.8, 4) is 0 Å². The minimum absolute atomic E-state index is 0.0869. The summed E-state index contributed by atoms with van der Waals surface area (Å²) in [6, 6.07) is 8.07. The molecule has 3 nitrogen and oxygen atoms in total. The molecule has 0 bridgehead atoms. The van der Waals surface area contributed by atoms with Crippen molar-refractivity contribution in [1.29, 1.82) is 0 Å². The van der Waals surface area contributed by atoms with Gasteiger partial charge in [-0.3, -0.25) is 10.1 Å². The van der Waals surface area contributed by atoms with Crippen molar-refractivity contribution in [2.24, 2.45) is 0 Å². The van der Waals surface area contributed by atoms with Crippen molar-refractivity contribution in [2.75, 3.05) is 5.75 Å². The lowest BCUT2D eigenvalue weighted by molar-refractivity contribution is -0.139. The average molecular weight is 279 g/mol. The van der Waals surface area contributed by atoms with Gasteiger partial charge in [-0.25, -0.2) is 0 Å². The monoisotopic (exact) mass is 279 g/mol. The van der Waals surface area contributed by atoms with Gasteiger partial charge in [0.15, 0.2) is 0 Å². The fourth-order valence-corrected chi connectivity index (χ4v) is 3.38. The molecule has 1 aromatic rings. The van der Waals surface area contributed by atoms with Gasteiger partial charge in [-0.2, -0.15) is 0 Å². The lowest BCUT2D eigenvalue weighted by atomic mass is 9.87. The number of rotatable bonds is 2. The van der Waals surface area contributed by atoms with Crippen LogP contribution >= 0.6 is 11.8 Å². The SMILES string of the molecule is CC(C)(C)c1ccc(C2NC(C(=O)O)CCS2)cc1. The summed E-state index contributed by atoms with van der Waals surface area (Å²) in [4.78, 5) is 11.0. The Kier molecular flexibility index (Phi) is 4.21. The summed E-state index contributed by atoms with van der Waals surface area (Å²) in [6.07, 6.45) is 0.691. The molecule has 1 fully saturated rings. The maximum atomic E-state index is 11.0. The first-order valence-corrected chi connectivity index (χ1v) is 7.64. The Labute approximate surface area is 118 Å². The smallest absolute Gasteiger partial charge is 0.320 e. The first kappa shape index (κ1) is 14.4. The molecule has 2 atom stereocenters. The molecule has 1 aliphatic rings. The molecule has 1 saturated heterocycles. The van der Waals surface area contributed by atoms with E-state index in [4.69, 9.17) is 5.11 Å². The van der Waals surface area contributed by atoms with Crippen LogP contribution in [0, 0.1) is 0 Å². The van der Waals surface area contributed by atoms with Gasteiger partial charge in [0.05, 0.1) is 5.37 Å². The van der Waals surface area contributed by atoms with Crippen LogP contribution in [0.5, 0.6) is 0 Å². The summed E-state index contributed by atoms with van der Waals surface area (Å²) in [5, 5.41) is 12.4. The highest BCUT2D eigenvalue weighted by molar-refractivity contribution is 7.99. The summed E-state index contributed by atoms with van der Waals surface area (Å²) in [5.74, 6) is 0.131. The van der Waals surface area contributed by atoms with E-state index in [1.165, 1.54) is 5.56 Å².